The molecule has 3 atom stereocenters. The van der Waals surface area contributed by atoms with Crippen molar-refractivity contribution in [2.75, 3.05) is 0 Å². The SMILES string of the molecule is CC1(C)CC(NC(=O)[C@]23CC[C@@](C(Br)Br)([C@@H]2Br)C3(C)C)CC(C)(C)N1. The minimum Gasteiger partial charge on any atom is -0.353 e. The Morgan fingerprint density at radius 1 is 1.04 bits per heavy atom. The summed E-state index contributed by atoms with van der Waals surface area (Å²) in [6.45, 7) is 13.4. The number of hydrogen-bond donors (Lipinski definition) is 2. The number of piperidine rings is 1. The van der Waals surface area contributed by atoms with Crippen molar-refractivity contribution in [1.82, 2.24) is 10.6 Å². The van der Waals surface area contributed by atoms with Gasteiger partial charge in [0.25, 0.3) is 0 Å². The van der Waals surface area contributed by atoms with Crippen LogP contribution in [0.15, 0.2) is 0 Å². The summed E-state index contributed by atoms with van der Waals surface area (Å²) in [5.41, 5.74) is -0.204. The fourth-order valence-electron chi connectivity index (χ4n) is 6.44. The first-order valence-corrected chi connectivity index (χ1v) is 12.0. The highest BCUT2D eigenvalue weighted by Crippen LogP contribution is 2.82. The molecule has 3 aliphatic carbocycles. The lowest BCUT2D eigenvalue weighted by Gasteiger charge is -2.66. The first-order chi connectivity index (χ1) is 11.2. The topological polar surface area (TPSA) is 41.1 Å². The van der Waals surface area contributed by atoms with E-state index in [-0.39, 0.29) is 47.8 Å². The molecule has 6 heteroatoms. The predicted octanol–water partition coefficient (Wildman–Crippen LogP) is 5.10. The van der Waals surface area contributed by atoms with Gasteiger partial charge in [-0.05, 0) is 58.8 Å². The maximum absolute atomic E-state index is 13.5. The van der Waals surface area contributed by atoms with Crippen molar-refractivity contribution in [1.29, 1.82) is 0 Å². The Morgan fingerprint density at radius 3 is 1.96 bits per heavy atom. The highest BCUT2D eigenvalue weighted by Gasteiger charge is 2.83. The van der Waals surface area contributed by atoms with E-state index in [9.17, 15) is 4.79 Å². The lowest BCUT2D eigenvalue weighted by atomic mass is 9.43. The lowest BCUT2D eigenvalue weighted by molar-refractivity contribution is -0.162. The van der Waals surface area contributed by atoms with E-state index >= 15 is 0 Å². The number of halogens is 3. The zero-order valence-electron chi connectivity index (χ0n) is 16.1. The van der Waals surface area contributed by atoms with Gasteiger partial charge in [0, 0.05) is 27.4 Å². The van der Waals surface area contributed by atoms with Crippen LogP contribution in [0.2, 0.25) is 0 Å². The Bertz CT molecular complexity index is 573. The summed E-state index contributed by atoms with van der Waals surface area (Å²) in [6.07, 6.45) is 3.95. The molecule has 0 unspecified atom stereocenters. The molecule has 3 nitrogen and oxygen atoms in total. The predicted molar refractivity (Wildman–Crippen MR) is 115 cm³/mol. The van der Waals surface area contributed by atoms with Gasteiger partial charge in [0.05, 0.1) is 9.15 Å². The maximum Gasteiger partial charge on any atom is 0.228 e. The third-order valence-electron chi connectivity index (χ3n) is 7.42. The van der Waals surface area contributed by atoms with E-state index < -0.39 is 0 Å². The van der Waals surface area contributed by atoms with E-state index in [1.165, 1.54) is 0 Å². The minimum atomic E-state index is -0.314. The second kappa shape index (κ2) is 5.93. The average molecular weight is 543 g/mol. The van der Waals surface area contributed by atoms with Crippen molar-refractivity contribution in [3.8, 4) is 0 Å². The maximum atomic E-state index is 13.5. The fourth-order valence-corrected chi connectivity index (χ4v) is 11.4. The molecule has 4 rings (SSSR count). The molecule has 1 amide bonds. The molecule has 4 fully saturated rings. The van der Waals surface area contributed by atoms with Crippen LogP contribution in [0.4, 0.5) is 0 Å². The van der Waals surface area contributed by atoms with Crippen LogP contribution in [0.25, 0.3) is 0 Å². The summed E-state index contributed by atoms with van der Waals surface area (Å²) in [5.74, 6) is 0.242. The molecule has 1 aliphatic heterocycles. The van der Waals surface area contributed by atoms with Crippen molar-refractivity contribution in [3.63, 3.8) is 0 Å². The van der Waals surface area contributed by atoms with Gasteiger partial charge < -0.3 is 10.6 Å². The molecular formula is C19H31Br3N2O. The number of rotatable bonds is 3. The number of fused-ring (bicyclic) bond motifs is 1. The second-order valence-corrected chi connectivity index (χ2v) is 14.2. The van der Waals surface area contributed by atoms with Gasteiger partial charge >= 0.3 is 0 Å². The molecule has 1 heterocycles. The quantitative estimate of drug-likeness (QED) is 0.487. The van der Waals surface area contributed by atoms with Gasteiger partial charge in [-0.25, -0.2) is 0 Å². The average Bonchev–Trinajstić information content (AvgIpc) is 2.84. The Hall–Kier alpha value is 0.870. The molecule has 0 aromatic rings. The Kier molecular flexibility index (Phi) is 4.89. The van der Waals surface area contributed by atoms with Crippen LogP contribution in [0.1, 0.15) is 67.2 Å². The third-order valence-corrected chi connectivity index (χ3v) is 10.6. The van der Waals surface area contributed by atoms with Crippen molar-refractivity contribution >= 4 is 53.7 Å². The van der Waals surface area contributed by atoms with Crippen molar-refractivity contribution in [2.45, 2.75) is 92.9 Å². The van der Waals surface area contributed by atoms with Crippen molar-refractivity contribution < 1.29 is 4.79 Å². The zero-order chi connectivity index (χ0) is 19.1. The van der Waals surface area contributed by atoms with Crippen LogP contribution in [0.5, 0.6) is 0 Å². The van der Waals surface area contributed by atoms with Crippen LogP contribution in [0.3, 0.4) is 0 Å². The van der Waals surface area contributed by atoms with E-state index in [1.807, 2.05) is 0 Å². The van der Waals surface area contributed by atoms with E-state index in [4.69, 9.17) is 0 Å². The van der Waals surface area contributed by atoms with Gasteiger partial charge in [-0.1, -0.05) is 61.6 Å². The third kappa shape index (κ3) is 2.66. The lowest BCUT2D eigenvalue weighted by Crippen LogP contribution is -2.73. The molecule has 1 saturated heterocycles. The smallest absolute Gasteiger partial charge is 0.228 e. The monoisotopic (exact) mass is 540 g/mol. The molecule has 2 bridgehead atoms. The molecule has 144 valence electrons. The van der Waals surface area contributed by atoms with E-state index in [2.05, 4.69) is 100.0 Å². The van der Waals surface area contributed by atoms with Gasteiger partial charge in [-0.15, -0.1) is 0 Å². The van der Waals surface area contributed by atoms with Gasteiger partial charge in [-0.3, -0.25) is 4.79 Å². The highest BCUT2D eigenvalue weighted by atomic mass is 79.9. The van der Waals surface area contributed by atoms with Crippen molar-refractivity contribution in [3.05, 3.63) is 0 Å². The van der Waals surface area contributed by atoms with Crippen LogP contribution in [-0.4, -0.2) is 31.6 Å². The highest BCUT2D eigenvalue weighted by molar-refractivity contribution is 9.24. The molecule has 0 spiro atoms. The fraction of sp³-hybridized carbons (Fsp3) is 0.947. The van der Waals surface area contributed by atoms with Gasteiger partial charge in [0.15, 0.2) is 0 Å². The standard InChI is InChI=1S/C19H31Br3N2O/c1-15(2)9-11(10-16(3,4)24-15)23-14(25)19-8-7-18(12(19)20,13(21)22)17(19,5)6/h11-13,24H,7-10H2,1-6H3,(H,23,25)/t12-,18-,19-/m0/s1. The normalized spacial score (nSPS) is 41.4. The largest absolute Gasteiger partial charge is 0.353 e. The van der Waals surface area contributed by atoms with Crippen LogP contribution >= 0.6 is 47.8 Å². The van der Waals surface area contributed by atoms with Crippen molar-refractivity contribution in [2.24, 2.45) is 16.2 Å². The molecule has 0 aromatic heterocycles. The van der Waals surface area contributed by atoms with Crippen LogP contribution in [-0.2, 0) is 4.79 Å². The molecule has 25 heavy (non-hydrogen) atoms. The molecular weight excluding hydrogens is 512 g/mol. The number of carbonyl (C=O) groups excluding carboxylic acids is 1. The van der Waals surface area contributed by atoms with Crippen LogP contribution in [0, 0.1) is 16.2 Å². The second-order valence-electron chi connectivity index (χ2n) is 10.3. The van der Waals surface area contributed by atoms with E-state index in [1.54, 1.807) is 0 Å². The number of alkyl halides is 3. The first kappa shape index (κ1) is 20.6. The summed E-state index contributed by atoms with van der Waals surface area (Å²) < 4.78 is 0.215. The Labute approximate surface area is 177 Å². The zero-order valence-corrected chi connectivity index (χ0v) is 20.9. The Morgan fingerprint density at radius 2 is 1.56 bits per heavy atom. The first-order valence-electron chi connectivity index (χ1n) is 9.24. The number of nitrogens with one attached hydrogen (secondary N) is 2. The summed E-state index contributed by atoms with van der Waals surface area (Å²) in [4.78, 5) is 13.7. The van der Waals surface area contributed by atoms with Gasteiger partial charge in [-0.2, -0.15) is 0 Å². The number of hydrogen-bond acceptors (Lipinski definition) is 2. The molecule has 0 aromatic carbocycles. The number of carbonyl (C=O) groups is 1. The van der Waals surface area contributed by atoms with E-state index in [0.717, 1.165) is 25.7 Å². The van der Waals surface area contributed by atoms with E-state index in [0.29, 0.717) is 0 Å². The molecule has 4 aliphatic rings. The number of amides is 1. The summed E-state index contributed by atoms with van der Waals surface area (Å²) in [5, 5.41) is 7.15. The van der Waals surface area contributed by atoms with Gasteiger partial charge in [0.2, 0.25) is 5.91 Å². The summed E-state index contributed by atoms with van der Waals surface area (Å²) in [7, 11) is 0. The van der Waals surface area contributed by atoms with Crippen LogP contribution < -0.4 is 10.6 Å². The minimum absolute atomic E-state index is 0.0382. The van der Waals surface area contributed by atoms with Gasteiger partial charge in [0.1, 0.15) is 0 Å². The molecule has 0 radical (unpaired) electrons. The molecule has 2 N–H and O–H groups in total. The molecule has 3 saturated carbocycles. The Balaban J connectivity index is 1.81. The summed E-state index contributed by atoms with van der Waals surface area (Å²) in [6, 6.07) is 0.225. The summed E-state index contributed by atoms with van der Waals surface area (Å²) >= 11 is 11.4.